The van der Waals surface area contributed by atoms with Gasteiger partial charge < -0.3 is 10.8 Å². The van der Waals surface area contributed by atoms with Crippen LogP contribution in [0.3, 0.4) is 0 Å². The number of carbonyl (C=O) groups is 1. The van der Waals surface area contributed by atoms with Crippen LogP contribution in [0.15, 0.2) is 0 Å². The molecule has 1 aliphatic carbocycles. The third-order valence-corrected chi connectivity index (χ3v) is 3.47. The first-order valence-corrected chi connectivity index (χ1v) is 5.65. The number of hydrogen-bond acceptors (Lipinski definition) is 2. The molecule has 0 aromatic rings. The van der Waals surface area contributed by atoms with Crippen molar-refractivity contribution in [2.75, 3.05) is 0 Å². The normalized spacial score (nSPS) is 23.0. The molecular formula is C11H21NO2. The molecule has 3 nitrogen and oxygen atoms in total. The molecule has 0 amide bonds. The lowest BCUT2D eigenvalue weighted by molar-refractivity contribution is -0.140. The Bertz CT molecular complexity index is 188. The quantitative estimate of drug-likeness (QED) is 0.728. The van der Waals surface area contributed by atoms with Crippen LogP contribution in [-0.2, 0) is 4.79 Å². The van der Waals surface area contributed by atoms with Crippen molar-refractivity contribution >= 4 is 5.97 Å². The Hall–Kier alpha value is -0.570. The van der Waals surface area contributed by atoms with Crippen molar-refractivity contribution in [1.82, 2.24) is 0 Å². The van der Waals surface area contributed by atoms with Gasteiger partial charge >= 0.3 is 5.97 Å². The Balaban J connectivity index is 2.55. The molecule has 0 aromatic heterocycles. The van der Waals surface area contributed by atoms with E-state index in [0.717, 1.165) is 6.42 Å². The van der Waals surface area contributed by atoms with E-state index >= 15 is 0 Å². The maximum absolute atomic E-state index is 10.8. The van der Waals surface area contributed by atoms with E-state index in [0.29, 0.717) is 5.92 Å². The molecule has 0 aliphatic heterocycles. The van der Waals surface area contributed by atoms with Gasteiger partial charge in [0.15, 0.2) is 0 Å². The Morgan fingerprint density at radius 3 is 2.43 bits per heavy atom. The molecule has 2 atom stereocenters. The van der Waals surface area contributed by atoms with Gasteiger partial charge in [0.25, 0.3) is 0 Å². The lowest BCUT2D eigenvalue weighted by Crippen LogP contribution is -2.41. The van der Waals surface area contributed by atoms with Gasteiger partial charge in [-0.2, -0.15) is 0 Å². The van der Waals surface area contributed by atoms with E-state index in [9.17, 15) is 4.79 Å². The predicted octanol–water partition coefficient (Wildman–Crippen LogP) is 2.00. The van der Waals surface area contributed by atoms with Gasteiger partial charge in [-0.25, -0.2) is 0 Å². The highest BCUT2D eigenvalue weighted by atomic mass is 16.4. The van der Waals surface area contributed by atoms with Gasteiger partial charge in [-0.05, 0) is 11.8 Å². The number of rotatable bonds is 4. The van der Waals surface area contributed by atoms with Crippen LogP contribution in [0.1, 0.15) is 45.4 Å². The van der Waals surface area contributed by atoms with Crippen LogP contribution in [0.5, 0.6) is 0 Å². The third kappa shape index (κ3) is 2.71. The molecule has 82 valence electrons. The molecule has 0 bridgehead atoms. The summed E-state index contributed by atoms with van der Waals surface area (Å²) in [5.74, 6) is -0.130. The SMILES string of the molecule is CC[C@@H](C1CCCCC1)[C@H](N)C(=O)O. The summed E-state index contributed by atoms with van der Waals surface area (Å²) >= 11 is 0. The number of carboxylic acid groups (broad SMARTS) is 1. The first kappa shape index (κ1) is 11.5. The van der Waals surface area contributed by atoms with Crippen molar-refractivity contribution in [3.8, 4) is 0 Å². The summed E-state index contributed by atoms with van der Waals surface area (Å²) in [6, 6.07) is -0.664. The maximum Gasteiger partial charge on any atom is 0.320 e. The van der Waals surface area contributed by atoms with Crippen LogP contribution < -0.4 is 5.73 Å². The predicted molar refractivity (Wildman–Crippen MR) is 56.0 cm³/mol. The van der Waals surface area contributed by atoms with E-state index in [-0.39, 0.29) is 5.92 Å². The van der Waals surface area contributed by atoms with Crippen LogP contribution in [0.4, 0.5) is 0 Å². The highest BCUT2D eigenvalue weighted by Crippen LogP contribution is 2.33. The minimum atomic E-state index is -0.845. The van der Waals surface area contributed by atoms with Gasteiger partial charge in [0, 0.05) is 0 Å². The topological polar surface area (TPSA) is 63.3 Å². The second-order valence-electron chi connectivity index (χ2n) is 4.33. The molecule has 0 aromatic carbocycles. The van der Waals surface area contributed by atoms with Gasteiger partial charge in [-0.1, -0.05) is 45.4 Å². The Morgan fingerprint density at radius 1 is 1.43 bits per heavy atom. The highest BCUT2D eigenvalue weighted by Gasteiger charge is 2.30. The molecule has 0 spiro atoms. The van der Waals surface area contributed by atoms with Crippen LogP contribution in [0.25, 0.3) is 0 Å². The van der Waals surface area contributed by atoms with Gasteiger partial charge in [0.1, 0.15) is 6.04 Å². The largest absolute Gasteiger partial charge is 0.480 e. The molecular weight excluding hydrogens is 178 g/mol. The lowest BCUT2D eigenvalue weighted by atomic mass is 9.75. The molecule has 3 heteroatoms. The standard InChI is InChI=1S/C11H21NO2/c1-2-9(10(12)11(13)14)8-6-4-3-5-7-8/h8-10H,2-7,12H2,1H3,(H,13,14)/t9-,10-/m0/s1. The van der Waals surface area contributed by atoms with Crippen molar-refractivity contribution in [3.63, 3.8) is 0 Å². The summed E-state index contributed by atoms with van der Waals surface area (Å²) < 4.78 is 0. The summed E-state index contributed by atoms with van der Waals surface area (Å²) in [7, 11) is 0. The minimum Gasteiger partial charge on any atom is -0.480 e. The molecule has 1 rings (SSSR count). The fourth-order valence-corrected chi connectivity index (χ4v) is 2.63. The van der Waals surface area contributed by atoms with Crippen molar-refractivity contribution in [1.29, 1.82) is 0 Å². The van der Waals surface area contributed by atoms with Gasteiger partial charge in [-0.3, -0.25) is 4.79 Å². The maximum atomic E-state index is 10.8. The van der Waals surface area contributed by atoms with E-state index in [2.05, 4.69) is 0 Å². The van der Waals surface area contributed by atoms with E-state index in [1.807, 2.05) is 6.92 Å². The summed E-state index contributed by atoms with van der Waals surface area (Å²) in [4.78, 5) is 10.8. The first-order valence-electron chi connectivity index (χ1n) is 5.65. The van der Waals surface area contributed by atoms with E-state index in [4.69, 9.17) is 10.8 Å². The summed E-state index contributed by atoms with van der Waals surface area (Å²) in [5.41, 5.74) is 5.70. The van der Waals surface area contributed by atoms with Crippen molar-refractivity contribution in [2.24, 2.45) is 17.6 Å². The van der Waals surface area contributed by atoms with Crippen molar-refractivity contribution in [2.45, 2.75) is 51.5 Å². The molecule has 1 aliphatic rings. The van der Waals surface area contributed by atoms with Gasteiger partial charge in [0.05, 0.1) is 0 Å². The van der Waals surface area contributed by atoms with Gasteiger partial charge in [0.2, 0.25) is 0 Å². The van der Waals surface area contributed by atoms with E-state index < -0.39 is 12.0 Å². The van der Waals surface area contributed by atoms with E-state index in [1.54, 1.807) is 0 Å². The fraction of sp³-hybridized carbons (Fsp3) is 0.909. The minimum absolute atomic E-state index is 0.174. The van der Waals surface area contributed by atoms with Crippen molar-refractivity contribution in [3.05, 3.63) is 0 Å². The zero-order valence-electron chi connectivity index (χ0n) is 8.91. The zero-order chi connectivity index (χ0) is 10.6. The molecule has 14 heavy (non-hydrogen) atoms. The Morgan fingerprint density at radius 2 is 2.00 bits per heavy atom. The summed E-state index contributed by atoms with van der Waals surface area (Å²) in [6.07, 6.45) is 7.01. The van der Waals surface area contributed by atoms with Crippen LogP contribution >= 0.6 is 0 Å². The number of carboxylic acids is 1. The lowest BCUT2D eigenvalue weighted by Gasteiger charge is -2.31. The third-order valence-electron chi connectivity index (χ3n) is 3.47. The molecule has 1 saturated carbocycles. The molecule has 0 heterocycles. The van der Waals surface area contributed by atoms with Crippen LogP contribution in [-0.4, -0.2) is 17.1 Å². The fourth-order valence-electron chi connectivity index (χ4n) is 2.63. The average Bonchev–Trinajstić information content (AvgIpc) is 2.20. The van der Waals surface area contributed by atoms with Crippen LogP contribution in [0.2, 0.25) is 0 Å². The second kappa shape index (κ2) is 5.35. The monoisotopic (exact) mass is 199 g/mol. The summed E-state index contributed by atoms with van der Waals surface area (Å²) in [6.45, 7) is 2.04. The second-order valence-corrected chi connectivity index (χ2v) is 4.33. The van der Waals surface area contributed by atoms with Crippen LogP contribution in [0, 0.1) is 11.8 Å². The van der Waals surface area contributed by atoms with E-state index in [1.165, 1.54) is 32.1 Å². The molecule has 3 N–H and O–H groups in total. The highest BCUT2D eigenvalue weighted by molar-refractivity contribution is 5.73. The summed E-state index contributed by atoms with van der Waals surface area (Å²) in [5, 5.41) is 8.89. The Kier molecular flexibility index (Phi) is 4.39. The Labute approximate surface area is 85.7 Å². The van der Waals surface area contributed by atoms with Gasteiger partial charge in [-0.15, -0.1) is 0 Å². The average molecular weight is 199 g/mol. The first-order chi connectivity index (χ1) is 6.66. The zero-order valence-corrected chi connectivity index (χ0v) is 8.91. The molecule has 1 fully saturated rings. The number of nitrogens with two attached hydrogens (primary N) is 1. The smallest absolute Gasteiger partial charge is 0.320 e. The molecule has 0 radical (unpaired) electrons. The number of aliphatic carboxylic acids is 1. The molecule has 0 unspecified atom stereocenters. The molecule has 0 saturated heterocycles. The van der Waals surface area contributed by atoms with Crippen molar-refractivity contribution < 1.29 is 9.90 Å². The number of hydrogen-bond donors (Lipinski definition) is 2.